The molecule has 142 valence electrons. The number of ether oxygens (including phenoxy) is 1. The molecule has 0 bridgehead atoms. The first kappa shape index (κ1) is 17.7. The van der Waals surface area contributed by atoms with Gasteiger partial charge in [-0.25, -0.2) is 4.68 Å². The number of anilines is 1. The van der Waals surface area contributed by atoms with Crippen LogP contribution in [0.2, 0.25) is 0 Å². The Labute approximate surface area is 159 Å². The molecule has 1 aromatic carbocycles. The minimum Gasteiger partial charge on any atom is -0.463 e. The summed E-state index contributed by atoms with van der Waals surface area (Å²) in [6.45, 7) is 6.81. The fourth-order valence-electron chi connectivity index (χ4n) is 3.17. The topological polar surface area (TPSA) is 82.1 Å². The summed E-state index contributed by atoms with van der Waals surface area (Å²) < 4.78 is 7.48. The van der Waals surface area contributed by atoms with Gasteiger partial charge in [0.05, 0.1) is 24.7 Å². The summed E-state index contributed by atoms with van der Waals surface area (Å²) in [6.07, 6.45) is 5.06. The van der Waals surface area contributed by atoms with Crippen molar-refractivity contribution < 1.29 is 4.74 Å². The van der Waals surface area contributed by atoms with Gasteiger partial charge in [-0.2, -0.15) is 15.1 Å². The maximum atomic E-state index is 6.06. The van der Waals surface area contributed by atoms with Crippen molar-refractivity contribution in [3.63, 3.8) is 0 Å². The number of unbranched alkanes of at least 4 members (excludes halogenated alkanes) is 1. The first-order chi connectivity index (χ1) is 13.2. The van der Waals surface area contributed by atoms with Crippen molar-refractivity contribution in [2.24, 2.45) is 0 Å². The number of hydrogen-bond acceptors (Lipinski definition) is 6. The molecule has 0 aliphatic carbocycles. The minimum absolute atomic E-state index is 0.320. The summed E-state index contributed by atoms with van der Waals surface area (Å²) in [5.74, 6) is 0.405. The van der Waals surface area contributed by atoms with E-state index in [-0.39, 0.29) is 0 Å². The summed E-state index contributed by atoms with van der Waals surface area (Å²) in [7, 11) is 0. The van der Waals surface area contributed by atoms with Crippen LogP contribution >= 0.6 is 0 Å². The van der Waals surface area contributed by atoms with Crippen LogP contribution in [-0.4, -0.2) is 44.3 Å². The van der Waals surface area contributed by atoms with Gasteiger partial charge in [0.2, 0.25) is 0 Å². The number of nitrogen functional groups attached to an aromatic ring is 1. The van der Waals surface area contributed by atoms with E-state index in [0.29, 0.717) is 30.6 Å². The molecule has 0 saturated carbocycles. The monoisotopic (exact) mass is 366 g/mol. The van der Waals surface area contributed by atoms with Gasteiger partial charge in [-0.3, -0.25) is 4.90 Å². The Bertz CT molecular complexity index is 901. The van der Waals surface area contributed by atoms with Crippen molar-refractivity contribution >= 4 is 16.9 Å². The zero-order chi connectivity index (χ0) is 18.6. The molecule has 1 fully saturated rings. The minimum atomic E-state index is 0.320. The third-order valence-corrected chi connectivity index (χ3v) is 4.94. The fraction of sp³-hybridized carbons (Fsp3) is 0.450. The summed E-state index contributed by atoms with van der Waals surface area (Å²) in [6, 6.07) is 9.03. The van der Waals surface area contributed by atoms with Gasteiger partial charge in [-0.05, 0) is 37.1 Å². The molecule has 7 heteroatoms. The van der Waals surface area contributed by atoms with Crippen LogP contribution in [0.25, 0.3) is 11.0 Å². The average molecular weight is 366 g/mol. The average Bonchev–Trinajstić information content (AvgIpc) is 3.03. The van der Waals surface area contributed by atoms with Crippen molar-refractivity contribution in [1.29, 1.82) is 0 Å². The van der Waals surface area contributed by atoms with E-state index >= 15 is 0 Å². The second kappa shape index (κ2) is 7.92. The highest BCUT2D eigenvalue weighted by Gasteiger charge is 2.14. The number of hydrogen-bond donors (Lipinski definition) is 1. The van der Waals surface area contributed by atoms with Gasteiger partial charge in [-0.1, -0.05) is 37.6 Å². The number of aromatic nitrogens is 4. The lowest BCUT2D eigenvalue weighted by molar-refractivity contribution is 0.172. The fourth-order valence-corrected chi connectivity index (χ4v) is 3.17. The van der Waals surface area contributed by atoms with Crippen LogP contribution in [0.3, 0.4) is 0 Å². The highest BCUT2D eigenvalue weighted by atomic mass is 16.5. The third-order valence-electron chi connectivity index (χ3n) is 4.94. The van der Waals surface area contributed by atoms with E-state index in [9.17, 15) is 0 Å². The van der Waals surface area contributed by atoms with Crippen molar-refractivity contribution in [3.05, 3.63) is 41.6 Å². The molecule has 1 aliphatic heterocycles. The molecule has 0 amide bonds. The maximum Gasteiger partial charge on any atom is 0.320 e. The normalized spacial score (nSPS) is 14.4. The highest BCUT2D eigenvalue weighted by Crippen LogP contribution is 2.21. The largest absolute Gasteiger partial charge is 0.463 e. The number of benzene rings is 1. The van der Waals surface area contributed by atoms with Gasteiger partial charge in [0.25, 0.3) is 0 Å². The Morgan fingerprint density at radius 1 is 1.07 bits per heavy atom. The molecule has 0 unspecified atom stereocenters. The summed E-state index contributed by atoms with van der Waals surface area (Å²) in [5.41, 5.74) is 9.30. The smallest absolute Gasteiger partial charge is 0.320 e. The number of fused-ring (bicyclic) bond motifs is 1. The Morgan fingerprint density at radius 2 is 1.81 bits per heavy atom. The molecule has 27 heavy (non-hydrogen) atoms. The Kier molecular flexibility index (Phi) is 5.20. The summed E-state index contributed by atoms with van der Waals surface area (Å²) in [5, 5.41) is 5.21. The molecule has 1 saturated heterocycles. The van der Waals surface area contributed by atoms with E-state index in [1.807, 2.05) is 4.68 Å². The Morgan fingerprint density at radius 3 is 2.48 bits per heavy atom. The number of nitrogens with zero attached hydrogens (tertiary/aromatic N) is 5. The quantitative estimate of drug-likeness (QED) is 0.617. The van der Waals surface area contributed by atoms with Crippen LogP contribution in [0.15, 0.2) is 30.5 Å². The van der Waals surface area contributed by atoms with Crippen LogP contribution in [-0.2, 0) is 13.1 Å². The predicted molar refractivity (Wildman–Crippen MR) is 106 cm³/mol. The van der Waals surface area contributed by atoms with Gasteiger partial charge in [0, 0.05) is 6.54 Å². The first-order valence-corrected chi connectivity index (χ1v) is 9.65. The van der Waals surface area contributed by atoms with Gasteiger partial charge in [-0.15, -0.1) is 0 Å². The van der Waals surface area contributed by atoms with E-state index in [0.717, 1.165) is 24.8 Å². The van der Waals surface area contributed by atoms with Crippen molar-refractivity contribution in [3.8, 4) is 6.01 Å². The number of likely N-dealkylation sites (tertiary alicyclic amines) is 1. The van der Waals surface area contributed by atoms with Gasteiger partial charge in [0.15, 0.2) is 5.65 Å². The number of rotatable bonds is 8. The van der Waals surface area contributed by atoms with Crippen LogP contribution in [0.5, 0.6) is 6.01 Å². The molecule has 0 atom stereocenters. The van der Waals surface area contributed by atoms with Crippen molar-refractivity contribution in [2.75, 3.05) is 25.4 Å². The molecule has 3 aromatic rings. The second-order valence-corrected chi connectivity index (χ2v) is 7.08. The molecule has 7 nitrogen and oxygen atoms in total. The van der Waals surface area contributed by atoms with Crippen LogP contribution in [0.4, 0.5) is 5.82 Å². The molecule has 2 aromatic heterocycles. The van der Waals surface area contributed by atoms with E-state index in [1.165, 1.54) is 30.6 Å². The van der Waals surface area contributed by atoms with E-state index in [4.69, 9.17) is 10.5 Å². The Hall–Kier alpha value is -2.67. The summed E-state index contributed by atoms with van der Waals surface area (Å²) in [4.78, 5) is 11.2. The zero-order valence-electron chi connectivity index (χ0n) is 15.8. The van der Waals surface area contributed by atoms with Gasteiger partial charge < -0.3 is 10.5 Å². The Balaban J connectivity index is 1.50. The molecular weight excluding hydrogens is 340 g/mol. The zero-order valence-corrected chi connectivity index (χ0v) is 15.8. The van der Waals surface area contributed by atoms with Crippen molar-refractivity contribution in [2.45, 2.75) is 39.3 Å². The molecule has 0 radical (unpaired) electrons. The van der Waals surface area contributed by atoms with Gasteiger partial charge in [0.1, 0.15) is 5.82 Å². The van der Waals surface area contributed by atoms with Crippen molar-refractivity contribution in [1.82, 2.24) is 24.6 Å². The molecule has 2 N–H and O–H groups in total. The first-order valence-electron chi connectivity index (χ1n) is 9.65. The third kappa shape index (κ3) is 4.03. The second-order valence-electron chi connectivity index (χ2n) is 7.08. The highest BCUT2D eigenvalue weighted by molar-refractivity contribution is 5.85. The van der Waals surface area contributed by atoms with Gasteiger partial charge >= 0.3 is 6.01 Å². The standard InChI is InChI=1S/C20H26N6O/c1-2-3-11-27-20-23-18(21)17-12-22-26(19(17)24-20)14-16-7-5-15(6-8-16)13-25-9-4-10-25/h5-8,12H,2-4,9-11,13-14H2,1H3,(H2,21,23,24). The maximum absolute atomic E-state index is 6.06. The van der Waals surface area contributed by atoms with E-state index in [2.05, 4.69) is 51.2 Å². The van der Waals surface area contributed by atoms with Crippen LogP contribution in [0, 0.1) is 0 Å². The molecule has 4 rings (SSSR count). The SMILES string of the molecule is CCCCOc1nc(N)c2cnn(Cc3ccc(CN4CCC4)cc3)c2n1. The molecular formula is C20H26N6O. The molecule has 1 aliphatic rings. The molecule has 3 heterocycles. The molecule has 0 spiro atoms. The lowest BCUT2D eigenvalue weighted by atomic mass is 10.1. The summed E-state index contributed by atoms with van der Waals surface area (Å²) >= 11 is 0. The lowest BCUT2D eigenvalue weighted by Crippen LogP contribution is -2.36. The predicted octanol–water partition coefficient (Wildman–Crippen LogP) is 2.84. The van der Waals surface area contributed by atoms with E-state index < -0.39 is 0 Å². The van der Waals surface area contributed by atoms with E-state index in [1.54, 1.807) is 6.20 Å². The number of nitrogens with two attached hydrogens (primary N) is 1. The van der Waals surface area contributed by atoms with Crippen LogP contribution in [0.1, 0.15) is 37.3 Å². The lowest BCUT2D eigenvalue weighted by Gasteiger charge is -2.30. The van der Waals surface area contributed by atoms with Crippen LogP contribution < -0.4 is 10.5 Å².